The summed E-state index contributed by atoms with van der Waals surface area (Å²) < 4.78 is 5.51. The largest absolute Gasteiger partial charge is 0.487 e. The van der Waals surface area contributed by atoms with Gasteiger partial charge in [0.15, 0.2) is 0 Å². The van der Waals surface area contributed by atoms with Gasteiger partial charge in [-0.15, -0.1) is 0 Å². The van der Waals surface area contributed by atoms with Crippen molar-refractivity contribution in [3.8, 4) is 5.75 Å². The lowest BCUT2D eigenvalue weighted by Gasteiger charge is -2.10. The number of hydrogen-bond acceptors (Lipinski definition) is 4. The maximum atomic E-state index is 11.1. The molecular weight excluding hydrogens is 272 g/mol. The van der Waals surface area contributed by atoms with Crippen molar-refractivity contribution < 1.29 is 19.4 Å². The maximum absolute atomic E-state index is 11.1. The van der Waals surface area contributed by atoms with Crippen LogP contribution in [-0.4, -0.2) is 17.0 Å². The van der Waals surface area contributed by atoms with Gasteiger partial charge in [-0.1, -0.05) is 12.1 Å². The minimum absolute atomic E-state index is 0.0880. The zero-order valence-electron chi connectivity index (χ0n) is 11.1. The second-order valence-electron chi connectivity index (χ2n) is 4.41. The molecule has 0 aliphatic rings. The van der Waals surface area contributed by atoms with Crippen molar-refractivity contribution in [3.63, 3.8) is 0 Å². The molecule has 0 unspecified atom stereocenters. The number of amides is 1. The van der Waals surface area contributed by atoms with Crippen LogP contribution >= 0.6 is 0 Å². The first kappa shape index (κ1) is 14.4. The highest BCUT2D eigenvalue weighted by atomic mass is 16.5. The van der Waals surface area contributed by atoms with Gasteiger partial charge in [0.2, 0.25) is 5.91 Å². The highest BCUT2D eigenvalue weighted by Gasteiger charge is 2.08. The van der Waals surface area contributed by atoms with Gasteiger partial charge in [0, 0.05) is 5.56 Å². The standard InChI is InChI=1S/C15H14N2O4/c16-12-5-4-11(15(19)20)7-13(12)21-8-9-2-1-3-10(6-9)14(17)18/h1-7H,8,16H2,(H2,17,18)(H,19,20). The van der Waals surface area contributed by atoms with Crippen LogP contribution in [0.3, 0.4) is 0 Å². The number of ether oxygens (including phenoxy) is 1. The maximum Gasteiger partial charge on any atom is 0.335 e. The molecule has 0 spiro atoms. The number of carbonyl (C=O) groups is 2. The van der Waals surface area contributed by atoms with Crippen LogP contribution < -0.4 is 16.2 Å². The van der Waals surface area contributed by atoms with E-state index in [2.05, 4.69) is 0 Å². The van der Waals surface area contributed by atoms with E-state index in [4.69, 9.17) is 21.3 Å². The molecule has 2 aromatic carbocycles. The van der Waals surface area contributed by atoms with Crippen LogP contribution in [0.2, 0.25) is 0 Å². The molecule has 0 atom stereocenters. The van der Waals surface area contributed by atoms with Gasteiger partial charge < -0.3 is 21.3 Å². The zero-order chi connectivity index (χ0) is 15.4. The number of carbonyl (C=O) groups excluding carboxylic acids is 1. The zero-order valence-corrected chi connectivity index (χ0v) is 11.1. The molecule has 0 saturated carbocycles. The second kappa shape index (κ2) is 5.96. The van der Waals surface area contributed by atoms with Gasteiger partial charge in [-0.2, -0.15) is 0 Å². The third kappa shape index (κ3) is 3.50. The summed E-state index contributed by atoms with van der Waals surface area (Å²) in [7, 11) is 0. The molecule has 0 aliphatic carbocycles. The van der Waals surface area contributed by atoms with E-state index in [1.807, 2.05) is 0 Å². The summed E-state index contributed by atoms with van der Waals surface area (Å²) in [4.78, 5) is 22.0. The number of primary amides is 1. The Morgan fingerprint density at radius 2 is 1.86 bits per heavy atom. The number of carboxylic acids is 1. The van der Waals surface area contributed by atoms with Crippen LogP contribution in [0.4, 0.5) is 5.69 Å². The van der Waals surface area contributed by atoms with E-state index in [1.54, 1.807) is 24.3 Å². The summed E-state index contributed by atoms with van der Waals surface area (Å²) in [5, 5.41) is 8.94. The lowest BCUT2D eigenvalue weighted by atomic mass is 10.1. The van der Waals surface area contributed by atoms with Crippen molar-refractivity contribution in [3.05, 3.63) is 59.2 Å². The van der Waals surface area contributed by atoms with E-state index in [-0.39, 0.29) is 17.9 Å². The SMILES string of the molecule is NC(=O)c1cccc(COc2cc(C(=O)O)ccc2N)c1. The molecule has 6 heteroatoms. The minimum Gasteiger partial charge on any atom is -0.487 e. The monoisotopic (exact) mass is 286 g/mol. The van der Waals surface area contributed by atoms with Gasteiger partial charge in [0.25, 0.3) is 0 Å². The Hall–Kier alpha value is -3.02. The van der Waals surface area contributed by atoms with Crippen LogP contribution in [0.25, 0.3) is 0 Å². The molecule has 0 saturated heterocycles. The average Bonchev–Trinajstić information content (AvgIpc) is 2.46. The van der Waals surface area contributed by atoms with E-state index in [0.717, 1.165) is 5.56 Å². The van der Waals surface area contributed by atoms with E-state index < -0.39 is 11.9 Å². The van der Waals surface area contributed by atoms with Crippen molar-refractivity contribution in [1.29, 1.82) is 0 Å². The smallest absolute Gasteiger partial charge is 0.335 e. The summed E-state index contributed by atoms with van der Waals surface area (Å²) in [5.41, 5.74) is 12.5. The van der Waals surface area contributed by atoms with E-state index >= 15 is 0 Å². The Kier molecular flexibility index (Phi) is 4.08. The van der Waals surface area contributed by atoms with Gasteiger partial charge in [-0.25, -0.2) is 4.79 Å². The number of benzene rings is 2. The molecule has 0 fully saturated rings. The van der Waals surface area contributed by atoms with Gasteiger partial charge in [0.05, 0.1) is 11.3 Å². The number of carboxylic acid groups (broad SMARTS) is 1. The molecule has 6 nitrogen and oxygen atoms in total. The topological polar surface area (TPSA) is 116 Å². The fraction of sp³-hybridized carbons (Fsp3) is 0.0667. The van der Waals surface area contributed by atoms with Crippen molar-refractivity contribution >= 4 is 17.6 Å². The molecule has 5 N–H and O–H groups in total. The van der Waals surface area contributed by atoms with Crippen molar-refractivity contribution in [2.75, 3.05) is 5.73 Å². The van der Waals surface area contributed by atoms with Crippen LogP contribution in [0.1, 0.15) is 26.3 Å². The molecule has 2 rings (SSSR count). The molecule has 2 aromatic rings. The third-order valence-corrected chi connectivity index (χ3v) is 2.87. The van der Waals surface area contributed by atoms with Crippen LogP contribution in [0, 0.1) is 0 Å². The molecule has 0 bridgehead atoms. The number of hydrogen-bond donors (Lipinski definition) is 3. The van der Waals surface area contributed by atoms with E-state index in [0.29, 0.717) is 11.3 Å². The highest BCUT2D eigenvalue weighted by molar-refractivity contribution is 5.92. The Morgan fingerprint density at radius 3 is 2.52 bits per heavy atom. The molecule has 0 aliphatic heterocycles. The van der Waals surface area contributed by atoms with Crippen LogP contribution in [0.15, 0.2) is 42.5 Å². The van der Waals surface area contributed by atoms with E-state index in [9.17, 15) is 9.59 Å². The van der Waals surface area contributed by atoms with Crippen LogP contribution in [-0.2, 0) is 6.61 Å². The minimum atomic E-state index is -1.06. The summed E-state index contributed by atoms with van der Waals surface area (Å²) in [6, 6.07) is 10.9. The first-order chi connectivity index (χ1) is 9.97. The normalized spacial score (nSPS) is 10.1. The fourth-order valence-electron chi connectivity index (χ4n) is 1.77. The molecule has 1 amide bonds. The second-order valence-corrected chi connectivity index (χ2v) is 4.41. The van der Waals surface area contributed by atoms with Crippen molar-refractivity contribution in [2.24, 2.45) is 5.73 Å². The first-order valence-electron chi connectivity index (χ1n) is 6.11. The third-order valence-electron chi connectivity index (χ3n) is 2.87. The van der Waals surface area contributed by atoms with Crippen LogP contribution in [0.5, 0.6) is 5.75 Å². The molecule has 108 valence electrons. The molecule has 0 heterocycles. The lowest BCUT2D eigenvalue weighted by molar-refractivity contribution is 0.0696. The quantitative estimate of drug-likeness (QED) is 0.723. The summed E-state index contributed by atoms with van der Waals surface area (Å²) in [5.74, 6) is -1.31. The van der Waals surface area contributed by atoms with Gasteiger partial charge in [0.1, 0.15) is 12.4 Å². The van der Waals surface area contributed by atoms with Gasteiger partial charge in [-0.05, 0) is 35.9 Å². The number of rotatable bonds is 5. The fourth-order valence-corrected chi connectivity index (χ4v) is 1.77. The summed E-state index contributed by atoms with van der Waals surface area (Å²) >= 11 is 0. The summed E-state index contributed by atoms with van der Waals surface area (Å²) in [6.45, 7) is 0.147. The Labute approximate surface area is 120 Å². The number of nitrogens with two attached hydrogens (primary N) is 2. The predicted octanol–water partition coefficient (Wildman–Crippen LogP) is 1.64. The van der Waals surface area contributed by atoms with Gasteiger partial charge >= 0.3 is 5.97 Å². The Balaban J connectivity index is 2.16. The molecule has 21 heavy (non-hydrogen) atoms. The summed E-state index contributed by atoms with van der Waals surface area (Å²) in [6.07, 6.45) is 0. The number of anilines is 1. The average molecular weight is 286 g/mol. The van der Waals surface area contributed by atoms with E-state index in [1.165, 1.54) is 18.2 Å². The first-order valence-corrected chi connectivity index (χ1v) is 6.11. The lowest BCUT2D eigenvalue weighted by Crippen LogP contribution is -2.11. The molecule has 0 radical (unpaired) electrons. The van der Waals surface area contributed by atoms with Crippen molar-refractivity contribution in [1.82, 2.24) is 0 Å². The highest BCUT2D eigenvalue weighted by Crippen LogP contribution is 2.24. The number of aromatic carboxylic acids is 1. The molecular formula is C15H14N2O4. The predicted molar refractivity (Wildman–Crippen MR) is 77.1 cm³/mol. The Morgan fingerprint density at radius 1 is 1.10 bits per heavy atom. The number of nitrogen functional groups attached to an aromatic ring is 1. The Bertz CT molecular complexity index is 698. The van der Waals surface area contributed by atoms with Gasteiger partial charge in [-0.3, -0.25) is 4.79 Å². The molecule has 0 aromatic heterocycles. The van der Waals surface area contributed by atoms with Crippen molar-refractivity contribution in [2.45, 2.75) is 6.61 Å².